The molecule has 2 heterocycles. The molecule has 2 unspecified atom stereocenters. The fourth-order valence-electron chi connectivity index (χ4n) is 2.38. The summed E-state index contributed by atoms with van der Waals surface area (Å²) in [6, 6.07) is 8.65. The average molecular weight is 258 g/mol. The van der Waals surface area contributed by atoms with Crippen molar-refractivity contribution in [2.75, 3.05) is 18.5 Å². The van der Waals surface area contributed by atoms with Crippen LogP contribution in [0.2, 0.25) is 0 Å². The van der Waals surface area contributed by atoms with Crippen LogP contribution in [-0.4, -0.2) is 34.0 Å². The molecule has 19 heavy (non-hydrogen) atoms. The van der Waals surface area contributed by atoms with Crippen LogP contribution in [0.25, 0.3) is 5.69 Å². The lowest BCUT2D eigenvalue weighted by atomic mass is 10.0. The Morgan fingerprint density at radius 1 is 1.37 bits per heavy atom. The normalized spacial score (nSPS) is 20.4. The number of aromatic nitrogens is 3. The van der Waals surface area contributed by atoms with Crippen molar-refractivity contribution in [3.05, 3.63) is 36.9 Å². The first kappa shape index (κ1) is 12.2. The molecule has 0 saturated carbocycles. The average Bonchev–Trinajstić information content (AvgIpc) is 3.13. The molecule has 1 aromatic carbocycles. The number of nitrogens with zero attached hydrogens (tertiary/aromatic N) is 3. The first-order valence-corrected chi connectivity index (χ1v) is 6.62. The number of ether oxygens (including phenoxy) is 1. The largest absolute Gasteiger partial charge is 0.382 e. The molecule has 1 aliphatic rings. The van der Waals surface area contributed by atoms with Crippen LogP contribution in [0.3, 0.4) is 0 Å². The van der Waals surface area contributed by atoms with E-state index in [1.165, 1.54) is 6.33 Å². The summed E-state index contributed by atoms with van der Waals surface area (Å²) >= 11 is 0. The molecule has 1 aliphatic heterocycles. The van der Waals surface area contributed by atoms with Gasteiger partial charge in [0.2, 0.25) is 0 Å². The van der Waals surface area contributed by atoms with Gasteiger partial charge in [-0.05, 0) is 37.6 Å². The molecule has 0 bridgehead atoms. The second-order valence-corrected chi connectivity index (χ2v) is 4.94. The summed E-state index contributed by atoms with van der Waals surface area (Å²) in [6.45, 7) is 3.97. The Labute approximate surface area is 112 Å². The Morgan fingerprint density at radius 3 is 2.84 bits per heavy atom. The van der Waals surface area contributed by atoms with E-state index in [0.717, 1.165) is 31.0 Å². The molecular formula is C14H18N4O. The lowest BCUT2D eigenvalue weighted by molar-refractivity contribution is 0.183. The van der Waals surface area contributed by atoms with Gasteiger partial charge in [-0.1, -0.05) is 0 Å². The highest BCUT2D eigenvalue weighted by atomic mass is 16.5. The predicted octanol–water partition coefficient (Wildman–Crippen LogP) is 2.10. The van der Waals surface area contributed by atoms with Crippen molar-refractivity contribution in [3.63, 3.8) is 0 Å². The molecule has 100 valence electrons. The molecule has 1 N–H and O–H groups in total. The van der Waals surface area contributed by atoms with E-state index in [1.54, 1.807) is 11.0 Å². The van der Waals surface area contributed by atoms with Gasteiger partial charge in [0, 0.05) is 24.3 Å². The lowest BCUT2D eigenvalue weighted by Gasteiger charge is -2.20. The van der Waals surface area contributed by atoms with E-state index in [2.05, 4.69) is 34.5 Å². The summed E-state index contributed by atoms with van der Waals surface area (Å²) in [5, 5.41) is 7.64. The van der Waals surface area contributed by atoms with E-state index in [4.69, 9.17) is 4.74 Å². The minimum absolute atomic E-state index is 0.430. The molecule has 1 aromatic heterocycles. The van der Waals surface area contributed by atoms with Gasteiger partial charge in [0.25, 0.3) is 0 Å². The molecule has 1 saturated heterocycles. The van der Waals surface area contributed by atoms with Crippen molar-refractivity contribution in [3.8, 4) is 5.69 Å². The number of rotatable bonds is 4. The second kappa shape index (κ2) is 5.40. The maximum atomic E-state index is 5.43. The van der Waals surface area contributed by atoms with Crippen molar-refractivity contribution in [2.24, 2.45) is 5.92 Å². The predicted molar refractivity (Wildman–Crippen MR) is 73.4 cm³/mol. The van der Waals surface area contributed by atoms with Gasteiger partial charge in [-0.15, -0.1) is 0 Å². The smallest absolute Gasteiger partial charge is 0.138 e. The lowest BCUT2D eigenvalue weighted by Crippen LogP contribution is -2.26. The summed E-state index contributed by atoms with van der Waals surface area (Å²) in [4.78, 5) is 3.94. The summed E-state index contributed by atoms with van der Waals surface area (Å²) in [6.07, 6.45) is 4.38. The highest BCUT2D eigenvalue weighted by Gasteiger charge is 2.21. The van der Waals surface area contributed by atoms with Crippen LogP contribution < -0.4 is 5.32 Å². The minimum atomic E-state index is 0.430. The van der Waals surface area contributed by atoms with Crippen LogP contribution in [0.5, 0.6) is 0 Å². The fourth-order valence-corrected chi connectivity index (χ4v) is 2.38. The third kappa shape index (κ3) is 2.76. The van der Waals surface area contributed by atoms with Crippen LogP contribution in [0.15, 0.2) is 36.9 Å². The van der Waals surface area contributed by atoms with Crippen molar-refractivity contribution >= 4 is 5.69 Å². The van der Waals surface area contributed by atoms with Gasteiger partial charge in [-0.25, -0.2) is 9.67 Å². The first-order valence-electron chi connectivity index (χ1n) is 6.62. The van der Waals surface area contributed by atoms with Crippen LogP contribution in [0, 0.1) is 5.92 Å². The SMILES string of the molecule is CC(Nc1ccc(-n2cncn2)cc1)C1CCOC1. The summed E-state index contributed by atoms with van der Waals surface area (Å²) in [5.41, 5.74) is 2.14. The molecule has 0 aliphatic carbocycles. The monoisotopic (exact) mass is 258 g/mol. The van der Waals surface area contributed by atoms with Gasteiger partial charge < -0.3 is 10.1 Å². The Balaban J connectivity index is 1.65. The molecule has 0 spiro atoms. The highest BCUT2D eigenvalue weighted by Crippen LogP contribution is 2.21. The molecule has 1 fully saturated rings. The van der Waals surface area contributed by atoms with Crippen molar-refractivity contribution in [2.45, 2.75) is 19.4 Å². The molecule has 5 nitrogen and oxygen atoms in total. The molecule has 2 aromatic rings. The van der Waals surface area contributed by atoms with E-state index in [-0.39, 0.29) is 0 Å². The Hall–Kier alpha value is -1.88. The Bertz CT molecular complexity index is 503. The standard InChI is InChI=1S/C14H18N4O/c1-11(12-6-7-19-8-12)17-13-2-4-14(5-3-13)18-10-15-9-16-18/h2-5,9-12,17H,6-8H2,1H3. The number of hydrogen-bond donors (Lipinski definition) is 1. The van der Waals surface area contributed by atoms with Gasteiger partial charge in [0.15, 0.2) is 0 Å². The van der Waals surface area contributed by atoms with Crippen LogP contribution in [-0.2, 0) is 4.74 Å². The molecule has 3 rings (SSSR count). The van der Waals surface area contributed by atoms with E-state index < -0.39 is 0 Å². The maximum Gasteiger partial charge on any atom is 0.138 e. The van der Waals surface area contributed by atoms with E-state index in [9.17, 15) is 0 Å². The summed E-state index contributed by atoms with van der Waals surface area (Å²) in [7, 11) is 0. The van der Waals surface area contributed by atoms with Crippen LogP contribution in [0.4, 0.5) is 5.69 Å². The van der Waals surface area contributed by atoms with Gasteiger partial charge in [-0.3, -0.25) is 0 Å². The minimum Gasteiger partial charge on any atom is -0.382 e. The topological polar surface area (TPSA) is 52.0 Å². The van der Waals surface area contributed by atoms with Gasteiger partial charge >= 0.3 is 0 Å². The van der Waals surface area contributed by atoms with Crippen molar-refractivity contribution < 1.29 is 4.74 Å². The number of nitrogens with one attached hydrogen (secondary N) is 1. The zero-order valence-electron chi connectivity index (χ0n) is 11.0. The van der Waals surface area contributed by atoms with Crippen LogP contribution in [0.1, 0.15) is 13.3 Å². The van der Waals surface area contributed by atoms with Gasteiger partial charge in [0.05, 0.1) is 12.3 Å². The quantitative estimate of drug-likeness (QED) is 0.912. The van der Waals surface area contributed by atoms with Crippen molar-refractivity contribution in [1.82, 2.24) is 14.8 Å². The molecular weight excluding hydrogens is 240 g/mol. The van der Waals surface area contributed by atoms with E-state index >= 15 is 0 Å². The number of hydrogen-bond acceptors (Lipinski definition) is 4. The molecule has 0 radical (unpaired) electrons. The van der Waals surface area contributed by atoms with Gasteiger partial charge in [0.1, 0.15) is 12.7 Å². The molecule has 2 atom stereocenters. The zero-order valence-corrected chi connectivity index (χ0v) is 11.0. The number of benzene rings is 1. The van der Waals surface area contributed by atoms with Crippen LogP contribution >= 0.6 is 0 Å². The fraction of sp³-hybridized carbons (Fsp3) is 0.429. The van der Waals surface area contributed by atoms with Crippen molar-refractivity contribution in [1.29, 1.82) is 0 Å². The first-order chi connectivity index (χ1) is 9.33. The highest BCUT2D eigenvalue weighted by molar-refractivity contribution is 5.49. The van der Waals surface area contributed by atoms with E-state index in [1.807, 2.05) is 12.1 Å². The summed E-state index contributed by atoms with van der Waals surface area (Å²) < 4.78 is 7.17. The Kier molecular flexibility index (Phi) is 3.46. The van der Waals surface area contributed by atoms with Gasteiger partial charge in [-0.2, -0.15) is 5.10 Å². The third-order valence-electron chi connectivity index (χ3n) is 3.62. The second-order valence-electron chi connectivity index (χ2n) is 4.94. The number of anilines is 1. The zero-order chi connectivity index (χ0) is 13.1. The third-order valence-corrected chi connectivity index (χ3v) is 3.62. The summed E-state index contributed by atoms with van der Waals surface area (Å²) in [5.74, 6) is 0.606. The maximum absolute atomic E-state index is 5.43. The molecule has 5 heteroatoms. The van der Waals surface area contributed by atoms with E-state index in [0.29, 0.717) is 12.0 Å². The Morgan fingerprint density at radius 2 is 2.21 bits per heavy atom. The molecule has 0 amide bonds.